The summed E-state index contributed by atoms with van der Waals surface area (Å²) in [7, 11) is 2.12. The van der Waals surface area contributed by atoms with Crippen molar-refractivity contribution >= 4 is 17.4 Å². The molecule has 0 aliphatic rings. The number of hydrogen-bond acceptors (Lipinski definition) is 5. The molecular formula is C17H24N4OS. The lowest BCUT2D eigenvalue weighted by molar-refractivity contribution is 0.0954. The Morgan fingerprint density at radius 2 is 1.91 bits per heavy atom. The zero-order chi connectivity index (χ0) is 16.8. The second kappa shape index (κ2) is 8.17. The summed E-state index contributed by atoms with van der Waals surface area (Å²) in [4.78, 5) is 15.1. The number of amides is 1. The van der Waals surface area contributed by atoms with Crippen molar-refractivity contribution in [3.05, 3.63) is 46.0 Å². The second-order valence-electron chi connectivity index (χ2n) is 5.91. The molecule has 0 saturated heterocycles. The highest BCUT2D eigenvalue weighted by atomic mass is 32.1. The molecule has 0 bridgehead atoms. The van der Waals surface area contributed by atoms with Crippen LogP contribution in [0.4, 0.5) is 0 Å². The first-order valence-electron chi connectivity index (χ1n) is 7.88. The number of benzene rings is 1. The van der Waals surface area contributed by atoms with E-state index in [9.17, 15) is 4.79 Å². The van der Waals surface area contributed by atoms with Gasteiger partial charge in [-0.05, 0) is 50.0 Å². The molecule has 124 valence electrons. The van der Waals surface area contributed by atoms with Crippen LogP contribution in [0.15, 0.2) is 24.3 Å². The molecule has 0 saturated carbocycles. The molecule has 6 heteroatoms. The van der Waals surface area contributed by atoms with Gasteiger partial charge in [0.1, 0.15) is 4.88 Å². The maximum Gasteiger partial charge on any atom is 0.265 e. The van der Waals surface area contributed by atoms with Crippen LogP contribution in [0, 0.1) is 0 Å². The zero-order valence-electron chi connectivity index (χ0n) is 14.2. The zero-order valence-corrected chi connectivity index (χ0v) is 15.0. The molecule has 0 aliphatic heterocycles. The fraction of sp³-hybridized carbons (Fsp3) is 0.471. The van der Waals surface area contributed by atoms with Gasteiger partial charge in [-0.1, -0.05) is 35.7 Å². The predicted molar refractivity (Wildman–Crippen MR) is 93.5 cm³/mol. The van der Waals surface area contributed by atoms with E-state index >= 15 is 0 Å². The lowest BCUT2D eigenvalue weighted by Crippen LogP contribution is -2.25. The van der Waals surface area contributed by atoms with Gasteiger partial charge in [0.15, 0.2) is 0 Å². The number of hydrogen-bond donors (Lipinski definition) is 1. The smallest absolute Gasteiger partial charge is 0.265 e. The summed E-state index contributed by atoms with van der Waals surface area (Å²) in [6, 6.07) is 8.89. The first kappa shape index (κ1) is 17.6. The number of aromatic nitrogens is 2. The van der Waals surface area contributed by atoms with Crippen molar-refractivity contribution in [2.24, 2.45) is 0 Å². The van der Waals surface area contributed by atoms with Crippen molar-refractivity contribution in [2.75, 3.05) is 7.05 Å². The van der Waals surface area contributed by atoms with E-state index in [1.807, 2.05) is 6.92 Å². The Bertz CT molecular complexity index is 636. The van der Waals surface area contributed by atoms with Crippen LogP contribution in [0.1, 0.15) is 47.3 Å². The third-order valence-electron chi connectivity index (χ3n) is 3.89. The summed E-state index contributed by atoms with van der Waals surface area (Å²) in [5.41, 5.74) is 3.13. The average Bonchev–Trinajstić information content (AvgIpc) is 3.02. The van der Waals surface area contributed by atoms with E-state index in [4.69, 9.17) is 0 Å². The molecule has 5 nitrogen and oxygen atoms in total. The van der Waals surface area contributed by atoms with Gasteiger partial charge < -0.3 is 5.32 Å². The van der Waals surface area contributed by atoms with Crippen LogP contribution in [0.25, 0.3) is 0 Å². The van der Waals surface area contributed by atoms with Crippen LogP contribution < -0.4 is 5.32 Å². The van der Waals surface area contributed by atoms with Gasteiger partial charge in [0.05, 0.1) is 5.69 Å². The largest absolute Gasteiger partial charge is 0.347 e. The third-order valence-corrected chi connectivity index (χ3v) is 4.65. The van der Waals surface area contributed by atoms with Gasteiger partial charge in [-0.2, -0.15) is 0 Å². The Kier molecular flexibility index (Phi) is 6.24. The highest BCUT2D eigenvalue weighted by Crippen LogP contribution is 2.12. The number of carbonyl (C=O) groups excluding carboxylic acids is 1. The van der Waals surface area contributed by atoms with E-state index in [1.54, 1.807) is 0 Å². The van der Waals surface area contributed by atoms with Crippen LogP contribution in [0.2, 0.25) is 0 Å². The minimum absolute atomic E-state index is 0.0968. The molecule has 0 unspecified atom stereocenters. The molecular weight excluding hydrogens is 308 g/mol. The van der Waals surface area contributed by atoms with Crippen molar-refractivity contribution in [1.82, 2.24) is 19.8 Å². The molecule has 1 amide bonds. The van der Waals surface area contributed by atoms with Gasteiger partial charge in [0.2, 0.25) is 0 Å². The van der Waals surface area contributed by atoms with E-state index in [0.717, 1.165) is 35.8 Å². The average molecular weight is 332 g/mol. The van der Waals surface area contributed by atoms with Gasteiger partial charge >= 0.3 is 0 Å². The molecule has 0 fully saturated rings. The van der Waals surface area contributed by atoms with E-state index < -0.39 is 0 Å². The standard InChI is InChI=1S/C17H24N4OS/c1-5-15-16(23-20-19-15)17(22)18-10-13-6-8-14(9-7-13)11-21(4)12(2)3/h6-9,12H,5,10-11H2,1-4H3,(H,18,22). The molecule has 0 aliphatic carbocycles. The van der Waals surface area contributed by atoms with Crippen molar-refractivity contribution in [3.63, 3.8) is 0 Å². The Hall–Kier alpha value is -1.79. The van der Waals surface area contributed by atoms with Crippen LogP contribution in [-0.4, -0.2) is 33.5 Å². The first-order valence-corrected chi connectivity index (χ1v) is 8.66. The van der Waals surface area contributed by atoms with Gasteiger partial charge in [0, 0.05) is 19.1 Å². The Morgan fingerprint density at radius 1 is 1.26 bits per heavy atom. The molecule has 23 heavy (non-hydrogen) atoms. The molecule has 1 N–H and O–H groups in total. The summed E-state index contributed by atoms with van der Waals surface area (Å²) >= 11 is 1.15. The van der Waals surface area contributed by atoms with Gasteiger partial charge in [-0.25, -0.2) is 0 Å². The lowest BCUT2D eigenvalue weighted by atomic mass is 10.1. The topological polar surface area (TPSA) is 58.1 Å². The van der Waals surface area contributed by atoms with Crippen molar-refractivity contribution < 1.29 is 4.79 Å². The highest BCUT2D eigenvalue weighted by molar-refractivity contribution is 7.08. The molecule has 0 radical (unpaired) electrons. The summed E-state index contributed by atoms with van der Waals surface area (Å²) < 4.78 is 3.85. The fourth-order valence-electron chi connectivity index (χ4n) is 2.11. The van der Waals surface area contributed by atoms with Crippen molar-refractivity contribution in [2.45, 2.75) is 46.3 Å². The van der Waals surface area contributed by atoms with Gasteiger partial charge in [-0.3, -0.25) is 9.69 Å². The molecule has 0 atom stereocenters. The summed E-state index contributed by atoms with van der Waals surface area (Å²) in [5.74, 6) is -0.0968. The Balaban J connectivity index is 1.90. The van der Waals surface area contributed by atoms with Gasteiger partial charge in [-0.15, -0.1) is 5.10 Å². The monoisotopic (exact) mass is 332 g/mol. The van der Waals surface area contributed by atoms with E-state index in [1.165, 1.54) is 5.56 Å². The lowest BCUT2D eigenvalue weighted by Gasteiger charge is -2.21. The second-order valence-corrected chi connectivity index (χ2v) is 6.66. The Morgan fingerprint density at radius 3 is 2.52 bits per heavy atom. The first-order chi connectivity index (χ1) is 11.0. The quantitative estimate of drug-likeness (QED) is 0.847. The molecule has 0 spiro atoms. The maximum absolute atomic E-state index is 12.2. The SMILES string of the molecule is CCc1nnsc1C(=O)NCc1ccc(CN(C)C(C)C)cc1. The molecule has 2 aromatic rings. The van der Waals surface area contributed by atoms with E-state index in [2.05, 4.69) is 65.0 Å². The minimum Gasteiger partial charge on any atom is -0.347 e. The van der Waals surface area contributed by atoms with Crippen LogP contribution in [0.3, 0.4) is 0 Å². The summed E-state index contributed by atoms with van der Waals surface area (Å²) in [6.45, 7) is 7.78. The number of aryl methyl sites for hydroxylation is 1. The van der Waals surface area contributed by atoms with Crippen LogP contribution >= 0.6 is 11.5 Å². The maximum atomic E-state index is 12.2. The number of nitrogens with one attached hydrogen (secondary N) is 1. The summed E-state index contributed by atoms with van der Waals surface area (Å²) in [5, 5.41) is 6.90. The van der Waals surface area contributed by atoms with E-state index in [-0.39, 0.29) is 5.91 Å². The molecule has 1 aromatic heterocycles. The molecule has 1 heterocycles. The highest BCUT2D eigenvalue weighted by Gasteiger charge is 2.14. The minimum atomic E-state index is -0.0968. The van der Waals surface area contributed by atoms with E-state index in [0.29, 0.717) is 17.5 Å². The van der Waals surface area contributed by atoms with Crippen LogP contribution in [0.5, 0.6) is 0 Å². The number of carbonyl (C=O) groups is 1. The van der Waals surface area contributed by atoms with Crippen molar-refractivity contribution in [1.29, 1.82) is 0 Å². The third kappa shape index (κ3) is 4.84. The fourth-order valence-corrected chi connectivity index (χ4v) is 2.77. The van der Waals surface area contributed by atoms with Gasteiger partial charge in [0.25, 0.3) is 5.91 Å². The summed E-state index contributed by atoms with van der Waals surface area (Å²) in [6.07, 6.45) is 0.720. The predicted octanol–water partition coefficient (Wildman–Crippen LogP) is 2.87. The normalized spacial score (nSPS) is 11.2. The molecule has 2 rings (SSSR count). The van der Waals surface area contributed by atoms with Crippen molar-refractivity contribution in [3.8, 4) is 0 Å². The molecule has 1 aromatic carbocycles. The number of nitrogens with zero attached hydrogens (tertiary/aromatic N) is 3. The van der Waals surface area contributed by atoms with Crippen LogP contribution in [-0.2, 0) is 19.5 Å². The Labute approximate surface area is 141 Å². The number of rotatable bonds is 7.